The molecule has 3 rings (SSSR count). The second kappa shape index (κ2) is 8.41. The van der Waals surface area contributed by atoms with E-state index in [0.29, 0.717) is 30.3 Å². The SMILES string of the molecule is Cc1cccc(NC(=S)NCCCn2nc(C(F)(F)F)c(Br)c2C2CC2)c1C. The lowest BCUT2D eigenvalue weighted by Gasteiger charge is -2.14. The van der Waals surface area contributed by atoms with E-state index >= 15 is 0 Å². The van der Waals surface area contributed by atoms with Crippen LogP contribution < -0.4 is 10.6 Å². The van der Waals surface area contributed by atoms with Crippen molar-refractivity contribution in [1.82, 2.24) is 15.1 Å². The normalized spacial score (nSPS) is 14.2. The molecular weight excluding hydrogens is 453 g/mol. The van der Waals surface area contributed by atoms with E-state index in [-0.39, 0.29) is 10.4 Å². The number of nitrogens with zero attached hydrogens (tertiary/aromatic N) is 2. The van der Waals surface area contributed by atoms with Crippen LogP contribution in [0.1, 0.15) is 47.7 Å². The number of benzene rings is 1. The Morgan fingerprint density at radius 3 is 2.68 bits per heavy atom. The second-order valence-electron chi connectivity index (χ2n) is 7.02. The number of aromatic nitrogens is 2. The lowest BCUT2D eigenvalue weighted by molar-refractivity contribution is -0.142. The minimum absolute atomic E-state index is 0.0857. The van der Waals surface area contributed by atoms with E-state index in [0.717, 1.165) is 24.1 Å². The number of aryl methyl sites for hydroxylation is 2. The molecule has 28 heavy (non-hydrogen) atoms. The Bertz CT molecular complexity index is 875. The number of rotatable bonds is 6. The van der Waals surface area contributed by atoms with Crippen molar-refractivity contribution < 1.29 is 13.2 Å². The first-order valence-electron chi connectivity index (χ1n) is 9.13. The number of anilines is 1. The molecule has 1 aliphatic rings. The van der Waals surface area contributed by atoms with Crippen LogP contribution in [0.3, 0.4) is 0 Å². The first-order chi connectivity index (χ1) is 13.2. The number of alkyl halides is 3. The molecule has 0 unspecified atom stereocenters. The Hall–Kier alpha value is -1.61. The van der Waals surface area contributed by atoms with E-state index in [4.69, 9.17) is 12.2 Å². The minimum atomic E-state index is -4.46. The summed E-state index contributed by atoms with van der Waals surface area (Å²) in [5, 5.41) is 10.6. The zero-order valence-electron chi connectivity index (χ0n) is 15.7. The van der Waals surface area contributed by atoms with Crippen molar-refractivity contribution in [1.29, 1.82) is 0 Å². The van der Waals surface area contributed by atoms with E-state index in [1.807, 2.05) is 32.0 Å². The number of hydrogen-bond donors (Lipinski definition) is 2. The van der Waals surface area contributed by atoms with Gasteiger partial charge in [0.2, 0.25) is 0 Å². The van der Waals surface area contributed by atoms with Gasteiger partial charge in [-0.25, -0.2) is 0 Å². The fraction of sp³-hybridized carbons (Fsp3) is 0.474. The largest absolute Gasteiger partial charge is 0.436 e. The van der Waals surface area contributed by atoms with Crippen LogP contribution in [0.15, 0.2) is 22.7 Å². The van der Waals surface area contributed by atoms with Gasteiger partial charge in [0, 0.05) is 24.7 Å². The van der Waals surface area contributed by atoms with Crippen molar-refractivity contribution in [2.24, 2.45) is 0 Å². The van der Waals surface area contributed by atoms with E-state index in [9.17, 15) is 13.2 Å². The third-order valence-corrected chi connectivity index (χ3v) is 5.88. The van der Waals surface area contributed by atoms with Crippen LogP contribution in [-0.4, -0.2) is 21.4 Å². The monoisotopic (exact) mass is 474 g/mol. The van der Waals surface area contributed by atoms with Crippen LogP contribution in [0.5, 0.6) is 0 Å². The number of halogens is 4. The van der Waals surface area contributed by atoms with Gasteiger partial charge in [-0.05, 0) is 78.5 Å². The Morgan fingerprint density at radius 1 is 1.32 bits per heavy atom. The standard InChI is InChI=1S/C19H22BrF3N4S/c1-11-5-3-6-14(12(11)2)25-18(28)24-9-4-10-27-16(13-7-8-13)15(20)17(26-27)19(21,22)23/h3,5-6,13H,4,7-10H2,1-2H3,(H2,24,25,28). The molecule has 0 aliphatic heterocycles. The topological polar surface area (TPSA) is 41.9 Å². The predicted octanol–water partition coefficient (Wildman–Crippen LogP) is 5.54. The molecule has 0 bridgehead atoms. The molecule has 1 saturated carbocycles. The van der Waals surface area contributed by atoms with Crippen molar-refractivity contribution in [3.8, 4) is 0 Å². The van der Waals surface area contributed by atoms with E-state index in [2.05, 4.69) is 31.7 Å². The van der Waals surface area contributed by atoms with Crippen LogP contribution in [0.25, 0.3) is 0 Å². The maximum atomic E-state index is 13.1. The summed E-state index contributed by atoms with van der Waals surface area (Å²) < 4.78 is 41.0. The highest BCUT2D eigenvalue weighted by atomic mass is 79.9. The highest BCUT2D eigenvalue weighted by molar-refractivity contribution is 9.10. The molecule has 1 aliphatic carbocycles. The summed E-state index contributed by atoms with van der Waals surface area (Å²) in [6.45, 7) is 5.00. The van der Waals surface area contributed by atoms with E-state index < -0.39 is 11.9 Å². The molecule has 4 nitrogen and oxygen atoms in total. The molecule has 2 N–H and O–H groups in total. The third kappa shape index (κ3) is 4.86. The summed E-state index contributed by atoms with van der Waals surface area (Å²) in [5.41, 5.74) is 3.06. The van der Waals surface area contributed by atoms with Crippen LogP contribution in [0.2, 0.25) is 0 Å². The van der Waals surface area contributed by atoms with Gasteiger partial charge in [0.05, 0.1) is 10.2 Å². The van der Waals surface area contributed by atoms with Crippen LogP contribution in [0, 0.1) is 13.8 Å². The second-order valence-corrected chi connectivity index (χ2v) is 8.23. The van der Waals surface area contributed by atoms with Crippen molar-refractivity contribution in [3.05, 3.63) is 45.2 Å². The lowest BCUT2D eigenvalue weighted by Crippen LogP contribution is -2.30. The van der Waals surface area contributed by atoms with Crippen molar-refractivity contribution >= 4 is 38.9 Å². The molecule has 0 atom stereocenters. The quantitative estimate of drug-likeness (QED) is 0.426. The smallest absolute Gasteiger partial charge is 0.362 e. The molecule has 152 valence electrons. The van der Waals surface area contributed by atoms with Gasteiger partial charge >= 0.3 is 6.18 Å². The fourth-order valence-corrected chi connectivity index (χ4v) is 4.08. The molecule has 2 aromatic rings. The van der Waals surface area contributed by atoms with Gasteiger partial charge in [0.15, 0.2) is 10.8 Å². The first kappa shape index (κ1) is 21.1. The van der Waals surface area contributed by atoms with Gasteiger partial charge < -0.3 is 10.6 Å². The summed E-state index contributed by atoms with van der Waals surface area (Å²) in [7, 11) is 0. The van der Waals surface area contributed by atoms with Crippen LogP contribution >= 0.6 is 28.1 Å². The molecular formula is C19H22BrF3N4S. The Labute approximate surface area is 176 Å². The summed E-state index contributed by atoms with van der Waals surface area (Å²) in [4.78, 5) is 0. The van der Waals surface area contributed by atoms with Crippen molar-refractivity contribution in [2.75, 3.05) is 11.9 Å². The zero-order chi connectivity index (χ0) is 20.5. The minimum Gasteiger partial charge on any atom is -0.362 e. The fourth-order valence-electron chi connectivity index (χ4n) is 3.04. The average molecular weight is 475 g/mol. The lowest BCUT2D eigenvalue weighted by atomic mass is 10.1. The molecule has 1 aromatic heterocycles. The summed E-state index contributed by atoms with van der Waals surface area (Å²) in [5.74, 6) is 0.165. The molecule has 1 fully saturated rings. The van der Waals surface area contributed by atoms with Gasteiger partial charge in [-0.15, -0.1) is 0 Å². The third-order valence-electron chi connectivity index (χ3n) is 4.85. The highest BCUT2D eigenvalue weighted by Gasteiger charge is 2.41. The van der Waals surface area contributed by atoms with E-state index in [1.165, 1.54) is 10.2 Å². The van der Waals surface area contributed by atoms with Gasteiger partial charge in [-0.2, -0.15) is 18.3 Å². The molecule has 0 radical (unpaired) electrons. The van der Waals surface area contributed by atoms with Gasteiger partial charge in [-0.1, -0.05) is 12.1 Å². The van der Waals surface area contributed by atoms with Crippen LogP contribution in [-0.2, 0) is 12.7 Å². The van der Waals surface area contributed by atoms with Gasteiger partial charge in [0.25, 0.3) is 0 Å². The highest BCUT2D eigenvalue weighted by Crippen LogP contribution is 2.46. The van der Waals surface area contributed by atoms with Crippen molar-refractivity contribution in [3.63, 3.8) is 0 Å². The van der Waals surface area contributed by atoms with E-state index in [1.54, 1.807) is 0 Å². The average Bonchev–Trinajstić information content (AvgIpc) is 3.38. The van der Waals surface area contributed by atoms with Crippen molar-refractivity contribution in [2.45, 2.75) is 51.7 Å². The molecule has 1 heterocycles. The molecule has 1 aromatic carbocycles. The zero-order valence-corrected chi connectivity index (χ0v) is 18.1. The Balaban J connectivity index is 1.55. The Morgan fingerprint density at radius 2 is 2.04 bits per heavy atom. The van der Waals surface area contributed by atoms with Gasteiger partial charge in [-0.3, -0.25) is 4.68 Å². The Kier molecular flexibility index (Phi) is 6.34. The maximum Gasteiger partial charge on any atom is 0.436 e. The number of nitrogens with one attached hydrogen (secondary N) is 2. The first-order valence-corrected chi connectivity index (χ1v) is 10.3. The maximum absolute atomic E-state index is 13.1. The van der Waals surface area contributed by atoms with Gasteiger partial charge in [0.1, 0.15) is 0 Å². The number of hydrogen-bond acceptors (Lipinski definition) is 2. The summed E-state index contributed by atoms with van der Waals surface area (Å²) >= 11 is 8.43. The molecule has 9 heteroatoms. The number of thiocarbonyl (C=S) groups is 1. The molecule has 0 spiro atoms. The molecule has 0 amide bonds. The summed E-state index contributed by atoms with van der Waals surface area (Å²) in [6, 6.07) is 5.95. The van der Waals surface area contributed by atoms with Crippen LogP contribution in [0.4, 0.5) is 18.9 Å². The molecule has 0 saturated heterocycles. The predicted molar refractivity (Wildman–Crippen MR) is 112 cm³/mol. The summed E-state index contributed by atoms with van der Waals surface area (Å²) in [6.07, 6.45) is -2.03.